The van der Waals surface area contributed by atoms with E-state index in [-0.39, 0.29) is 6.04 Å². The molecule has 0 aliphatic carbocycles. The van der Waals surface area contributed by atoms with E-state index in [1.165, 1.54) is 0 Å². The molecule has 29 heavy (non-hydrogen) atoms. The fourth-order valence-electron chi connectivity index (χ4n) is 4.08. The van der Waals surface area contributed by atoms with E-state index in [4.69, 9.17) is 9.47 Å². The molecule has 2 aromatic rings. The van der Waals surface area contributed by atoms with Gasteiger partial charge < -0.3 is 19.5 Å². The lowest BCUT2D eigenvalue weighted by molar-refractivity contribution is -0.145. The third kappa shape index (κ3) is 4.48. The van der Waals surface area contributed by atoms with Crippen molar-refractivity contribution in [3.05, 3.63) is 53.6 Å². The lowest BCUT2D eigenvalue weighted by atomic mass is 9.91. The van der Waals surface area contributed by atoms with Gasteiger partial charge in [-0.05, 0) is 54.8 Å². The van der Waals surface area contributed by atoms with Crippen LogP contribution in [0.1, 0.15) is 36.4 Å². The molecule has 1 saturated heterocycles. The average molecular weight is 399 g/mol. The van der Waals surface area contributed by atoms with Crippen LogP contribution in [0.4, 0.5) is 5.69 Å². The number of nitrogens with zero attached hydrogens (tertiary/aromatic N) is 2. The molecule has 6 nitrogen and oxygen atoms in total. The minimum Gasteiger partial charge on any atom is -0.493 e. The fourth-order valence-corrected chi connectivity index (χ4v) is 4.08. The van der Waals surface area contributed by atoms with Crippen LogP contribution in [0.2, 0.25) is 0 Å². The Bertz CT molecular complexity index is 835. The number of piperidine rings is 1. The van der Waals surface area contributed by atoms with Crippen molar-refractivity contribution in [3.63, 3.8) is 0 Å². The van der Waals surface area contributed by atoms with Crippen molar-refractivity contribution in [3.8, 4) is 11.5 Å². The highest BCUT2D eigenvalue weighted by molar-refractivity contribution is 5.73. The van der Waals surface area contributed by atoms with E-state index in [9.17, 15) is 9.90 Å². The van der Waals surface area contributed by atoms with Crippen LogP contribution in [-0.4, -0.2) is 56.9 Å². The topological polar surface area (TPSA) is 62.2 Å². The number of carboxylic acid groups (broad SMARTS) is 1. The van der Waals surface area contributed by atoms with E-state index in [0.717, 1.165) is 36.2 Å². The van der Waals surface area contributed by atoms with E-state index in [2.05, 4.69) is 34.1 Å². The molecule has 0 spiro atoms. The van der Waals surface area contributed by atoms with Gasteiger partial charge in [-0.25, -0.2) is 0 Å². The Morgan fingerprint density at radius 3 is 2.28 bits per heavy atom. The number of ether oxygens (including phenoxy) is 2. The highest BCUT2D eigenvalue weighted by Crippen LogP contribution is 2.38. The molecule has 3 rings (SSSR count). The first-order valence-corrected chi connectivity index (χ1v) is 9.94. The Labute approximate surface area is 172 Å². The zero-order valence-electron chi connectivity index (χ0n) is 17.6. The number of anilines is 1. The number of carbonyl (C=O) groups is 1. The highest BCUT2D eigenvalue weighted by Gasteiger charge is 2.35. The van der Waals surface area contributed by atoms with Crippen LogP contribution in [0.15, 0.2) is 42.5 Å². The summed E-state index contributed by atoms with van der Waals surface area (Å²) in [6.07, 6.45) is 2.59. The molecule has 0 radical (unpaired) electrons. The minimum absolute atomic E-state index is 0.174. The first-order chi connectivity index (χ1) is 14.0. The lowest BCUT2D eigenvalue weighted by Gasteiger charge is -2.40. The van der Waals surface area contributed by atoms with Gasteiger partial charge in [0.15, 0.2) is 11.5 Å². The van der Waals surface area contributed by atoms with E-state index >= 15 is 0 Å². The minimum atomic E-state index is -0.764. The molecule has 2 unspecified atom stereocenters. The number of hydrogen-bond donors (Lipinski definition) is 1. The molecule has 2 atom stereocenters. The van der Waals surface area contributed by atoms with Gasteiger partial charge in [-0.2, -0.15) is 0 Å². The second-order valence-corrected chi connectivity index (χ2v) is 7.59. The van der Waals surface area contributed by atoms with Crippen LogP contribution in [0.5, 0.6) is 11.5 Å². The van der Waals surface area contributed by atoms with Crippen molar-refractivity contribution >= 4 is 11.7 Å². The molecule has 2 aromatic carbocycles. The van der Waals surface area contributed by atoms with E-state index in [0.29, 0.717) is 17.9 Å². The summed E-state index contributed by atoms with van der Waals surface area (Å²) in [7, 11) is 7.24. The van der Waals surface area contributed by atoms with Gasteiger partial charge in [0.05, 0.1) is 20.3 Å². The number of methoxy groups -OCH3 is 2. The summed E-state index contributed by atoms with van der Waals surface area (Å²) in [6.45, 7) is 0.741. The normalized spacial score (nSPS) is 18.1. The van der Waals surface area contributed by atoms with Gasteiger partial charge in [-0.15, -0.1) is 0 Å². The second-order valence-electron chi connectivity index (χ2n) is 7.59. The van der Waals surface area contributed by atoms with Crippen molar-refractivity contribution in [1.29, 1.82) is 0 Å². The van der Waals surface area contributed by atoms with Crippen LogP contribution >= 0.6 is 0 Å². The first kappa shape index (κ1) is 21.0. The summed E-state index contributed by atoms with van der Waals surface area (Å²) in [5.41, 5.74) is 3.16. The summed E-state index contributed by atoms with van der Waals surface area (Å²) in [4.78, 5) is 16.2. The second kappa shape index (κ2) is 9.18. The molecule has 0 saturated carbocycles. The molecule has 0 amide bonds. The van der Waals surface area contributed by atoms with Crippen LogP contribution < -0.4 is 14.4 Å². The third-order valence-electron chi connectivity index (χ3n) is 5.61. The average Bonchev–Trinajstić information content (AvgIpc) is 2.74. The summed E-state index contributed by atoms with van der Waals surface area (Å²) in [5, 5.41) is 9.86. The zero-order valence-corrected chi connectivity index (χ0v) is 17.6. The van der Waals surface area contributed by atoms with Gasteiger partial charge in [-0.3, -0.25) is 9.69 Å². The Balaban J connectivity index is 2.09. The maximum Gasteiger partial charge on any atom is 0.320 e. The Morgan fingerprint density at radius 2 is 1.69 bits per heavy atom. The zero-order chi connectivity index (χ0) is 21.0. The van der Waals surface area contributed by atoms with Gasteiger partial charge in [0, 0.05) is 19.8 Å². The monoisotopic (exact) mass is 398 g/mol. The number of rotatable bonds is 7. The molecule has 1 heterocycles. The molecule has 0 aromatic heterocycles. The smallest absolute Gasteiger partial charge is 0.320 e. The van der Waals surface area contributed by atoms with Crippen LogP contribution in [0.3, 0.4) is 0 Å². The molecule has 6 heteroatoms. The summed E-state index contributed by atoms with van der Waals surface area (Å²) in [6, 6.07) is 13.5. The molecular formula is C23H30N2O4. The number of aliphatic carboxylic acids is 1. The number of benzene rings is 2. The van der Waals surface area contributed by atoms with Crippen molar-refractivity contribution in [1.82, 2.24) is 4.90 Å². The molecule has 1 aliphatic heterocycles. The Hall–Kier alpha value is -2.73. The van der Waals surface area contributed by atoms with Crippen molar-refractivity contribution in [2.45, 2.75) is 31.3 Å². The van der Waals surface area contributed by atoms with Crippen LogP contribution in [0.25, 0.3) is 0 Å². The van der Waals surface area contributed by atoms with Crippen molar-refractivity contribution in [2.24, 2.45) is 0 Å². The molecule has 156 valence electrons. The van der Waals surface area contributed by atoms with Crippen LogP contribution in [-0.2, 0) is 4.79 Å². The first-order valence-electron chi connectivity index (χ1n) is 9.94. The third-order valence-corrected chi connectivity index (χ3v) is 5.61. The van der Waals surface area contributed by atoms with E-state index in [1.807, 2.05) is 32.3 Å². The maximum atomic E-state index is 12.0. The van der Waals surface area contributed by atoms with E-state index in [1.54, 1.807) is 14.2 Å². The molecule has 1 N–H and O–H groups in total. The standard InChI is InChI=1S/C23H30N2O4/c1-24(2)18-11-8-16(9-12-18)22(25-14-6-5-7-19(25)23(26)27)17-10-13-20(28-3)21(15-17)29-4/h8-13,15,19,22H,5-7,14H2,1-4H3,(H,26,27). The van der Waals surface area contributed by atoms with Gasteiger partial charge in [0.25, 0.3) is 0 Å². The largest absolute Gasteiger partial charge is 0.493 e. The Kier molecular flexibility index (Phi) is 6.64. The maximum absolute atomic E-state index is 12.0. The number of likely N-dealkylation sites (tertiary alicyclic amines) is 1. The van der Waals surface area contributed by atoms with Crippen molar-refractivity contribution in [2.75, 3.05) is 39.8 Å². The highest BCUT2D eigenvalue weighted by atomic mass is 16.5. The number of hydrogen-bond acceptors (Lipinski definition) is 5. The Morgan fingerprint density at radius 1 is 1.03 bits per heavy atom. The summed E-state index contributed by atoms with van der Waals surface area (Å²) < 4.78 is 10.9. The summed E-state index contributed by atoms with van der Waals surface area (Å²) >= 11 is 0. The predicted octanol–water partition coefficient (Wildman–Crippen LogP) is 3.80. The van der Waals surface area contributed by atoms with Gasteiger partial charge in [0.1, 0.15) is 6.04 Å². The molecule has 1 fully saturated rings. The molecule has 0 bridgehead atoms. The predicted molar refractivity (Wildman–Crippen MR) is 114 cm³/mol. The van der Waals surface area contributed by atoms with E-state index < -0.39 is 12.0 Å². The quantitative estimate of drug-likeness (QED) is 0.766. The van der Waals surface area contributed by atoms with Gasteiger partial charge in [0.2, 0.25) is 0 Å². The SMILES string of the molecule is COc1ccc(C(c2ccc(N(C)C)cc2)N2CCCCC2C(=O)O)cc1OC. The molecule has 1 aliphatic rings. The lowest BCUT2D eigenvalue weighted by Crippen LogP contribution is -2.46. The van der Waals surface area contributed by atoms with Crippen molar-refractivity contribution < 1.29 is 19.4 Å². The van der Waals surface area contributed by atoms with Crippen LogP contribution in [0, 0.1) is 0 Å². The summed E-state index contributed by atoms with van der Waals surface area (Å²) in [5.74, 6) is 0.537. The van der Waals surface area contributed by atoms with Gasteiger partial charge in [-0.1, -0.05) is 24.6 Å². The molecular weight excluding hydrogens is 368 g/mol. The fraction of sp³-hybridized carbons (Fsp3) is 0.435. The number of carboxylic acids is 1. The van der Waals surface area contributed by atoms with Gasteiger partial charge >= 0.3 is 5.97 Å².